The monoisotopic (exact) mass is 308 g/mol. The van der Waals surface area contributed by atoms with Gasteiger partial charge in [0.05, 0.1) is 5.76 Å². The lowest BCUT2D eigenvalue weighted by molar-refractivity contribution is 0.388. The number of hydrogen-bond donors (Lipinski definition) is 1. The van der Waals surface area contributed by atoms with E-state index in [-0.39, 0.29) is 0 Å². The molecule has 0 unspecified atom stereocenters. The minimum Gasteiger partial charge on any atom is -0.512 e. The highest BCUT2D eigenvalue weighted by Gasteiger charge is 2.06. The molecule has 82 valence electrons. The van der Waals surface area contributed by atoms with E-state index in [9.17, 15) is 5.11 Å². The molecule has 0 amide bonds. The predicted octanol–water partition coefficient (Wildman–Crippen LogP) is 4.78. The molecule has 2 heteroatoms. The second-order valence-corrected chi connectivity index (χ2v) is 4.56. The van der Waals surface area contributed by atoms with Crippen LogP contribution < -0.4 is 0 Å². The summed E-state index contributed by atoms with van der Waals surface area (Å²) in [6.45, 7) is 8.33. The van der Waals surface area contributed by atoms with E-state index in [1.807, 2.05) is 13.8 Å². The van der Waals surface area contributed by atoms with Gasteiger partial charge in [0.1, 0.15) is 0 Å². The van der Waals surface area contributed by atoms with Crippen LogP contribution in [0.1, 0.15) is 47.0 Å². The van der Waals surface area contributed by atoms with Crippen molar-refractivity contribution >= 4 is 22.6 Å². The number of aliphatic hydroxyl groups excluding tert-OH is 1. The van der Waals surface area contributed by atoms with E-state index in [0.29, 0.717) is 5.76 Å². The second kappa shape index (κ2) is 7.32. The van der Waals surface area contributed by atoms with Crippen LogP contribution >= 0.6 is 22.6 Å². The Morgan fingerprint density at radius 2 is 1.71 bits per heavy atom. The molecule has 0 saturated carbocycles. The third-order valence-electron chi connectivity index (χ3n) is 2.56. The lowest BCUT2D eigenvalue weighted by atomic mass is 9.96. The van der Waals surface area contributed by atoms with Gasteiger partial charge in [-0.3, -0.25) is 0 Å². The molecule has 0 fully saturated rings. The summed E-state index contributed by atoms with van der Waals surface area (Å²) in [6.07, 6.45) is 2.86. The van der Waals surface area contributed by atoms with Gasteiger partial charge in [0.2, 0.25) is 0 Å². The van der Waals surface area contributed by atoms with Gasteiger partial charge >= 0.3 is 0 Å². The fourth-order valence-corrected chi connectivity index (χ4v) is 2.43. The largest absolute Gasteiger partial charge is 0.512 e. The number of alkyl halides is 1. The summed E-state index contributed by atoms with van der Waals surface area (Å²) < 4.78 is 1.15. The van der Waals surface area contributed by atoms with Crippen LogP contribution in [-0.4, -0.2) is 9.53 Å². The Hall–Kier alpha value is 0.01000. The van der Waals surface area contributed by atoms with Gasteiger partial charge in [-0.05, 0) is 37.8 Å². The molecule has 0 spiro atoms. The first-order valence-corrected chi connectivity index (χ1v) is 6.74. The number of hydrogen-bond acceptors (Lipinski definition) is 1. The summed E-state index contributed by atoms with van der Waals surface area (Å²) in [6, 6.07) is 0. The van der Waals surface area contributed by atoms with Crippen LogP contribution in [0, 0.1) is 0 Å². The van der Waals surface area contributed by atoms with Crippen LogP contribution in [0.4, 0.5) is 0 Å². The van der Waals surface area contributed by atoms with Crippen LogP contribution in [0.25, 0.3) is 0 Å². The molecular formula is C12H21IO. The van der Waals surface area contributed by atoms with Gasteiger partial charge in [0.25, 0.3) is 0 Å². The Labute approximate surface area is 101 Å². The average Bonchev–Trinajstić information content (AvgIpc) is 2.18. The van der Waals surface area contributed by atoms with E-state index in [2.05, 4.69) is 36.4 Å². The van der Waals surface area contributed by atoms with E-state index in [1.54, 1.807) is 0 Å². The van der Waals surface area contributed by atoms with Gasteiger partial charge in [0.15, 0.2) is 0 Å². The number of rotatable bonds is 5. The minimum atomic E-state index is 0.537. The SMILES string of the molecule is CC/C(O)=C(C)/C(CC)=C(/C)CCI. The third kappa shape index (κ3) is 4.03. The summed E-state index contributed by atoms with van der Waals surface area (Å²) in [5.41, 5.74) is 3.83. The van der Waals surface area contributed by atoms with Crippen molar-refractivity contribution in [3.05, 3.63) is 22.5 Å². The number of allylic oxidation sites excluding steroid dienone is 4. The van der Waals surface area contributed by atoms with Crippen LogP contribution in [0.5, 0.6) is 0 Å². The van der Waals surface area contributed by atoms with Crippen LogP contribution in [-0.2, 0) is 0 Å². The molecule has 0 aliphatic carbocycles. The molecule has 1 N–H and O–H groups in total. The smallest absolute Gasteiger partial charge is 0.0951 e. The Bertz CT molecular complexity index is 239. The molecule has 0 bridgehead atoms. The summed E-state index contributed by atoms with van der Waals surface area (Å²) >= 11 is 2.39. The molecule has 0 aromatic rings. The highest BCUT2D eigenvalue weighted by atomic mass is 127. The molecule has 0 atom stereocenters. The maximum atomic E-state index is 9.69. The fraction of sp³-hybridized carbons (Fsp3) is 0.667. The summed E-state index contributed by atoms with van der Waals surface area (Å²) in [5.74, 6) is 0.537. The van der Waals surface area contributed by atoms with Crippen molar-refractivity contribution in [1.82, 2.24) is 0 Å². The van der Waals surface area contributed by atoms with Crippen molar-refractivity contribution in [3.63, 3.8) is 0 Å². The standard InChI is InChI=1S/C12H21IO/c1-5-11(9(3)7-8-13)10(4)12(14)6-2/h14H,5-8H2,1-4H3/b11-9-,12-10-. The highest BCUT2D eigenvalue weighted by molar-refractivity contribution is 14.1. The lowest BCUT2D eigenvalue weighted by Gasteiger charge is -2.12. The Morgan fingerprint density at radius 1 is 1.14 bits per heavy atom. The summed E-state index contributed by atoms with van der Waals surface area (Å²) in [4.78, 5) is 0. The maximum Gasteiger partial charge on any atom is 0.0951 e. The van der Waals surface area contributed by atoms with Crippen molar-refractivity contribution in [2.45, 2.75) is 47.0 Å². The van der Waals surface area contributed by atoms with E-state index < -0.39 is 0 Å². The molecule has 0 aliphatic rings. The molecule has 0 aromatic carbocycles. The van der Waals surface area contributed by atoms with Gasteiger partial charge in [-0.2, -0.15) is 0 Å². The number of aliphatic hydroxyl groups is 1. The Morgan fingerprint density at radius 3 is 2.07 bits per heavy atom. The van der Waals surface area contributed by atoms with Crippen molar-refractivity contribution in [2.75, 3.05) is 4.43 Å². The summed E-state index contributed by atoms with van der Waals surface area (Å²) in [5, 5.41) is 9.69. The summed E-state index contributed by atoms with van der Waals surface area (Å²) in [7, 11) is 0. The average molecular weight is 308 g/mol. The molecule has 0 aliphatic heterocycles. The predicted molar refractivity (Wildman–Crippen MR) is 72.1 cm³/mol. The Kier molecular flexibility index (Phi) is 7.33. The molecule has 0 aromatic heterocycles. The lowest BCUT2D eigenvalue weighted by Crippen LogP contribution is -1.95. The zero-order valence-corrected chi connectivity index (χ0v) is 11.8. The van der Waals surface area contributed by atoms with Gasteiger partial charge < -0.3 is 5.11 Å². The van der Waals surface area contributed by atoms with Crippen molar-refractivity contribution < 1.29 is 5.11 Å². The minimum absolute atomic E-state index is 0.537. The zero-order chi connectivity index (χ0) is 11.1. The molecule has 0 saturated heterocycles. The first-order chi connectivity index (χ1) is 6.58. The van der Waals surface area contributed by atoms with Gasteiger partial charge in [-0.1, -0.05) is 42.0 Å². The van der Waals surface area contributed by atoms with E-state index in [0.717, 1.165) is 29.3 Å². The topological polar surface area (TPSA) is 20.2 Å². The van der Waals surface area contributed by atoms with Gasteiger partial charge in [-0.25, -0.2) is 0 Å². The zero-order valence-electron chi connectivity index (χ0n) is 9.65. The van der Waals surface area contributed by atoms with Crippen molar-refractivity contribution in [1.29, 1.82) is 0 Å². The van der Waals surface area contributed by atoms with E-state index >= 15 is 0 Å². The molecule has 0 rings (SSSR count). The molecule has 0 heterocycles. The quantitative estimate of drug-likeness (QED) is 0.335. The number of halogens is 1. The third-order valence-corrected chi connectivity index (χ3v) is 3.10. The van der Waals surface area contributed by atoms with Crippen LogP contribution in [0.3, 0.4) is 0 Å². The maximum absolute atomic E-state index is 9.69. The van der Waals surface area contributed by atoms with Crippen molar-refractivity contribution in [3.8, 4) is 0 Å². The highest BCUT2D eigenvalue weighted by Crippen LogP contribution is 2.23. The molecule has 1 nitrogen and oxygen atoms in total. The molecule has 0 radical (unpaired) electrons. The van der Waals surface area contributed by atoms with E-state index in [4.69, 9.17) is 0 Å². The van der Waals surface area contributed by atoms with Crippen LogP contribution in [0.15, 0.2) is 22.5 Å². The van der Waals surface area contributed by atoms with Gasteiger partial charge in [-0.15, -0.1) is 0 Å². The van der Waals surface area contributed by atoms with Gasteiger partial charge in [0, 0.05) is 10.8 Å². The van der Waals surface area contributed by atoms with Crippen LogP contribution in [0.2, 0.25) is 0 Å². The van der Waals surface area contributed by atoms with E-state index in [1.165, 1.54) is 11.1 Å². The first kappa shape index (κ1) is 14.0. The molecular weight excluding hydrogens is 287 g/mol. The first-order valence-electron chi connectivity index (χ1n) is 5.22. The normalized spacial score (nSPS) is 14.9. The molecule has 14 heavy (non-hydrogen) atoms. The van der Waals surface area contributed by atoms with Crippen molar-refractivity contribution in [2.24, 2.45) is 0 Å². The fourth-order valence-electron chi connectivity index (χ4n) is 1.62. The second-order valence-electron chi connectivity index (χ2n) is 3.48. The Balaban J connectivity index is 4.97.